The molecular formula is C13H10Cl2NO2S-. The molecule has 0 N–H and O–H groups in total. The van der Waals surface area contributed by atoms with E-state index in [0.29, 0.717) is 21.4 Å². The summed E-state index contributed by atoms with van der Waals surface area (Å²) in [6.45, 7) is 1.93. The maximum atomic E-state index is 11.5. The van der Waals surface area contributed by atoms with Crippen molar-refractivity contribution in [3.8, 4) is 0 Å². The lowest BCUT2D eigenvalue weighted by atomic mass is 10.2. The SMILES string of the molecule is Cc1ccc(N(c2cc(Cl)ccc2Cl)S(=O)[O-])cc1. The van der Waals surface area contributed by atoms with Crippen molar-refractivity contribution < 1.29 is 8.76 Å². The second-order valence-electron chi connectivity index (χ2n) is 3.94. The first-order chi connectivity index (χ1) is 8.99. The zero-order valence-corrected chi connectivity index (χ0v) is 12.3. The minimum atomic E-state index is -2.49. The van der Waals surface area contributed by atoms with Crippen LogP contribution in [0.15, 0.2) is 42.5 Å². The topological polar surface area (TPSA) is 43.4 Å². The molecule has 0 aliphatic carbocycles. The average Bonchev–Trinajstić information content (AvgIpc) is 2.36. The zero-order valence-electron chi connectivity index (χ0n) is 9.97. The summed E-state index contributed by atoms with van der Waals surface area (Å²) in [5.41, 5.74) is 1.87. The van der Waals surface area contributed by atoms with Gasteiger partial charge in [-0.05, 0) is 37.3 Å². The van der Waals surface area contributed by atoms with Crippen LogP contribution in [0.25, 0.3) is 0 Å². The van der Waals surface area contributed by atoms with E-state index >= 15 is 0 Å². The van der Waals surface area contributed by atoms with Crippen LogP contribution in [0.1, 0.15) is 5.56 Å². The van der Waals surface area contributed by atoms with Crippen LogP contribution in [0.5, 0.6) is 0 Å². The first kappa shape index (κ1) is 14.3. The predicted molar refractivity (Wildman–Crippen MR) is 78.7 cm³/mol. The Labute approximate surface area is 124 Å². The molecule has 2 aromatic carbocycles. The third kappa shape index (κ3) is 3.28. The van der Waals surface area contributed by atoms with Crippen LogP contribution in [0, 0.1) is 6.92 Å². The van der Waals surface area contributed by atoms with Crippen molar-refractivity contribution in [2.45, 2.75) is 6.92 Å². The molecule has 6 heteroatoms. The molecule has 3 nitrogen and oxygen atoms in total. The van der Waals surface area contributed by atoms with Crippen LogP contribution >= 0.6 is 23.2 Å². The molecule has 100 valence electrons. The molecular weight excluding hydrogens is 305 g/mol. The molecule has 0 aromatic heterocycles. The summed E-state index contributed by atoms with van der Waals surface area (Å²) in [6, 6.07) is 11.8. The summed E-state index contributed by atoms with van der Waals surface area (Å²) in [5, 5.41) is 0.733. The molecule has 0 bridgehead atoms. The molecule has 0 saturated heterocycles. The summed E-state index contributed by atoms with van der Waals surface area (Å²) in [5.74, 6) is 0. The molecule has 0 heterocycles. The minimum absolute atomic E-state index is 0.314. The maximum Gasteiger partial charge on any atom is 0.0739 e. The van der Waals surface area contributed by atoms with E-state index in [0.717, 1.165) is 9.87 Å². The summed E-state index contributed by atoms with van der Waals surface area (Å²) in [6.07, 6.45) is 0. The Morgan fingerprint density at radius 3 is 2.32 bits per heavy atom. The van der Waals surface area contributed by atoms with Crippen LogP contribution in [-0.4, -0.2) is 8.76 Å². The van der Waals surface area contributed by atoms with Crippen molar-refractivity contribution in [3.05, 3.63) is 58.1 Å². The van der Waals surface area contributed by atoms with Crippen LogP contribution in [0.4, 0.5) is 11.4 Å². The van der Waals surface area contributed by atoms with Gasteiger partial charge >= 0.3 is 0 Å². The molecule has 0 fully saturated rings. The highest BCUT2D eigenvalue weighted by Crippen LogP contribution is 2.34. The minimum Gasteiger partial charge on any atom is -0.755 e. The predicted octanol–water partition coefficient (Wildman–Crippen LogP) is 4.23. The number of hydrogen-bond donors (Lipinski definition) is 0. The fourth-order valence-corrected chi connectivity index (χ4v) is 2.65. The first-order valence-corrected chi connectivity index (χ1v) is 7.19. The molecule has 2 aromatic rings. The first-order valence-electron chi connectivity index (χ1n) is 5.40. The molecule has 0 amide bonds. The van der Waals surface area contributed by atoms with Crippen LogP contribution in [0.2, 0.25) is 10.0 Å². The van der Waals surface area contributed by atoms with Crippen molar-refractivity contribution in [1.29, 1.82) is 0 Å². The number of halogens is 2. The van der Waals surface area contributed by atoms with Gasteiger partial charge in [-0.2, -0.15) is 0 Å². The number of benzene rings is 2. The Balaban J connectivity index is 2.54. The van der Waals surface area contributed by atoms with Gasteiger partial charge in [0.25, 0.3) is 0 Å². The van der Waals surface area contributed by atoms with Crippen molar-refractivity contribution >= 4 is 45.8 Å². The second kappa shape index (κ2) is 5.92. The molecule has 2 rings (SSSR count). The van der Waals surface area contributed by atoms with Crippen LogP contribution in [-0.2, 0) is 11.3 Å². The monoisotopic (exact) mass is 314 g/mol. The van der Waals surface area contributed by atoms with Gasteiger partial charge in [0, 0.05) is 5.02 Å². The number of nitrogens with zero attached hydrogens (tertiary/aromatic N) is 1. The molecule has 19 heavy (non-hydrogen) atoms. The number of aryl methyl sites for hydroxylation is 1. The summed E-state index contributed by atoms with van der Waals surface area (Å²) < 4.78 is 24.1. The Morgan fingerprint density at radius 1 is 1.11 bits per heavy atom. The van der Waals surface area contributed by atoms with Gasteiger partial charge in [-0.15, -0.1) is 0 Å². The van der Waals surface area contributed by atoms with Gasteiger partial charge in [-0.3, -0.25) is 8.51 Å². The second-order valence-corrected chi connectivity index (χ2v) is 5.59. The van der Waals surface area contributed by atoms with Crippen LogP contribution in [0.3, 0.4) is 0 Å². The molecule has 1 atom stereocenters. The average molecular weight is 315 g/mol. The van der Waals surface area contributed by atoms with E-state index in [9.17, 15) is 8.76 Å². The fourth-order valence-electron chi connectivity index (χ4n) is 1.63. The van der Waals surface area contributed by atoms with E-state index < -0.39 is 11.3 Å². The van der Waals surface area contributed by atoms with Crippen molar-refractivity contribution in [1.82, 2.24) is 0 Å². The van der Waals surface area contributed by atoms with Gasteiger partial charge in [0.2, 0.25) is 0 Å². The van der Waals surface area contributed by atoms with E-state index in [2.05, 4.69) is 0 Å². The molecule has 0 aliphatic heterocycles. The van der Waals surface area contributed by atoms with E-state index in [1.165, 1.54) is 6.07 Å². The van der Waals surface area contributed by atoms with Crippen molar-refractivity contribution in [2.24, 2.45) is 0 Å². The lowest BCUT2D eigenvalue weighted by molar-refractivity contribution is 0.537. The summed E-state index contributed by atoms with van der Waals surface area (Å²) in [4.78, 5) is 0. The fraction of sp³-hybridized carbons (Fsp3) is 0.0769. The lowest BCUT2D eigenvalue weighted by Gasteiger charge is -2.27. The molecule has 1 unspecified atom stereocenters. The van der Waals surface area contributed by atoms with Gasteiger partial charge < -0.3 is 4.55 Å². The molecule has 0 spiro atoms. The Hall–Kier alpha value is -1.07. The highest BCUT2D eigenvalue weighted by molar-refractivity contribution is 7.81. The normalized spacial score (nSPS) is 12.2. The summed E-state index contributed by atoms with van der Waals surface area (Å²) >= 11 is 9.44. The van der Waals surface area contributed by atoms with E-state index in [4.69, 9.17) is 23.2 Å². The third-order valence-electron chi connectivity index (χ3n) is 2.54. The largest absolute Gasteiger partial charge is 0.755 e. The highest BCUT2D eigenvalue weighted by atomic mass is 35.5. The number of hydrogen-bond acceptors (Lipinski definition) is 2. The Kier molecular flexibility index (Phi) is 4.47. The van der Waals surface area contributed by atoms with E-state index in [1.807, 2.05) is 19.1 Å². The molecule has 0 radical (unpaired) electrons. The molecule has 0 saturated carbocycles. The van der Waals surface area contributed by atoms with E-state index in [1.54, 1.807) is 24.3 Å². The van der Waals surface area contributed by atoms with Gasteiger partial charge in [-0.1, -0.05) is 40.9 Å². The number of anilines is 2. The van der Waals surface area contributed by atoms with Gasteiger partial charge in [0.1, 0.15) is 0 Å². The Bertz CT molecular complexity index is 617. The quantitative estimate of drug-likeness (QED) is 0.795. The van der Waals surface area contributed by atoms with Crippen LogP contribution < -0.4 is 4.31 Å². The van der Waals surface area contributed by atoms with Gasteiger partial charge in [-0.25, -0.2) is 0 Å². The standard InChI is InChI=1S/C13H11Cl2NO2S/c1-9-2-5-11(6-3-9)16(19(17)18)13-8-10(14)4-7-12(13)15/h2-8H,1H3,(H,17,18)/p-1. The lowest BCUT2D eigenvalue weighted by Crippen LogP contribution is -2.19. The maximum absolute atomic E-state index is 11.5. The van der Waals surface area contributed by atoms with Gasteiger partial charge in [0.05, 0.1) is 27.7 Å². The third-order valence-corrected chi connectivity index (χ3v) is 3.80. The Morgan fingerprint density at radius 2 is 1.74 bits per heavy atom. The van der Waals surface area contributed by atoms with Gasteiger partial charge in [0.15, 0.2) is 0 Å². The zero-order chi connectivity index (χ0) is 14.0. The van der Waals surface area contributed by atoms with Crippen molar-refractivity contribution in [3.63, 3.8) is 0 Å². The van der Waals surface area contributed by atoms with E-state index in [-0.39, 0.29) is 0 Å². The molecule has 0 aliphatic rings. The van der Waals surface area contributed by atoms with Crippen molar-refractivity contribution in [2.75, 3.05) is 4.31 Å². The number of rotatable bonds is 3. The summed E-state index contributed by atoms with van der Waals surface area (Å²) in [7, 11) is 0. The smallest absolute Gasteiger partial charge is 0.0739 e. The highest BCUT2D eigenvalue weighted by Gasteiger charge is 2.14.